The summed E-state index contributed by atoms with van der Waals surface area (Å²) in [5, 5.41) is 5.95. The minimum atomic E-state index is -1.78. The number of hydrogen-bond acceptors (Lipinski definition) is 10. The van der Waals surface area contributed by atoms with Gasteiger partial charge < -0.3 is 23.6 Å². The normalized spacial score (nSPS) is 18.9. The number of hydrogen-bond donors (Lipinski definition) is 0. The largest absolute Gasteiger partial charge is 0.496 e. The van der Waals surface area contributed by atoms with E-state index in [0.717, 1.165) is 5.56 Å². The topological polar surface area (TPSA) is 121 Å². The SMILES string of the molecule is COC(=O)C1=C[C@@](Cc2cscn2)(C(=O)OC(C)(C)C)N(C(=O)c2ccc(C(C)(C)C)c(OC)c2)[C@H]1c1cc(C)on1. The van der Waals surface area contributed by atoms with Crippen molar-refractivity contribution < 1.29 is 33.1 Å². The van der Waals surface area contributed by atoms with Gasteiger partial charge in [0.2, 0.25) is 0 Å². The zero-order valence-electron chi connectivity index (χ0n) is 25.4. The zero-order chi connectivity index (χ0) is 31.0. The molecule has 0 unspecified atom stereocenters. The smallest absolute Gasteiger partial charge is 0.337 e. The number of thiazole rings is 1. The Morgan fingerprint density at radius 3 is 2.33 bits per heavy atom. The van der Waals surface area contributed by atoms with E-state index in [9.17, 15) is 14.4 Å². The molecule has 11 heteroatoms. The van der Waals surface area contributed by atoms with E-state index in [1.165, 1.54) is 29.4 Å². The Hall–Kier alpha value is -3.99. The maximum Gasteiger partial charge on any atom is 0.337 e. The number of aryl methyl sites for hydroxylation is 1. The van der Waals surface area contributed by atoms with Gasteiger partial charge in [0.1, 0.15) is 28.8 Å². The van der Waals surface area contributed by atoms with Crippen LogP contribution >= 0.6 is 11.3 Å². The summed E-state index contributed by atoms with van der Waals surface area (Å²) in [5.74, 6) is -1.01. The molecule has 2 atom stereocenters. The van der Waals surface area contributed by atoms with E-state index in [1.54, 1.807) is 63.9 Å². The summed E-state index contributed by atoms with van der Waals surface area (Å²) in [6.45, 7) is 13.1. The standard InChI is InChI=1S/C31H37N3O7S/c1-18-12-23(33-41-18)25-21(27(36)39-9)15-31(14-20-16-42-17-32-20,28(37)40-30(5,6)7)34(25)26(35)19-10-11-22(29(2,3)4)24(13-19)38-8/h10-13,15-17,25H,14H2,1-9H3/t25-,31+/m1/s1. The van der Waals surface area contributed by atoms with Gasteiger partial charge in [-0.05, 0) is 56.9 Å². The number of rotatable bonds is 7. The number of amides is 1. The first-order valence-electron chi connectivity index (χ1n) is 13.5. The number of nitrogens with zero attached hydrogens (tertiary/aromatic N) is 3. The summed E-state index contributed by atoms with van der Waals surface area (Å²) in [6.07, 6.45) is 1.40. The van der Waals surface area contributed by atoms with Gasteiger partial charge in [0.05, 0.1) is 31.0 Å². The highest BCUT2D eigenvalue weighted by atomic mass is 32.1. The fourth-order valence-corrected chi connectivity index (χ4v) is 5.64. The molecule has 1 aliphatic rings. The van der Waals surface area contributed by atoms with Crippen molar-refractivity contribution in [2.75, 3.05) is 14.2 Å². The quantitative estimate of drug-likeness (QED) is 0.332. The highest BCUT2D eigenvalue weighted by molar-refractivity contribution is 7.07. The van der Waals surface area contributed by atoms with Crippen molar-refractivity contribution in [3.8, 4) is 5.75 Å². The van der Waals surface area contributed by atoms with E-state index in [2.05, 4.69) is 10.1 Å². The van der Waals surface area contributed by atoms with Gasteiger partial charge in [0.15, 0.2) is 5.54 Å². The van der Waals surface area contributed by atoms with Crippen molar-refractivity contribution in [2.24, 2.45) is 0 Å². The van der Waals surface area contributed by atoms with Gasteiger partial charge in [0, 0.05) is 23.4 Å². The Morgan fingerprint density at radius 1 is 1.10 bits per heavy atom. The van der Waals surface area contributed by atoms with Gasteiger partial charge in [0.25, 0.3) is 5.91 Å². The first-order chi connectivity index (χ1) is 19.6. The second kappa shape index (κ2) is 11.4. The average molecular weight is 596 g/mol. The van der Waals surface area contributed by atoms with Gasteiger partial charge in [-0.3, -0.25) is 4.79 Å². The zero-order valence-corrected chi connectivity index (χ0v) is 26.3. The molecule has 0 spiro atoms. The summed E-state index contributed by atoms with van der Waals surface area (Å²) in [7, 11) is 2.78. The number of methoxy groups -OCH3 is 2. The highest BCUT2D eigenvalue weighted by Crippen LogP contribution is 2.46. The molecule has 42 heavy (non-hydrogen) atoms. The van der Waals surface area contributed by atoms with Gasteiger partial charge >= 0.3 is 11.9 Å². The molecule has 0 bridgehead atoms. The van der Waals surface area contributed by atoms with Crippen LogP contribution in [0.5, 0.6) is 5.75 Å². The molecule has 1 aromatic carbocycles. The summed E-state index contributed by atoms with van der Waals surface area (Å²) in [5.41, 5.74) is 0.705. The van der Waals surface area contributed by atoms with Crippen molar-refractivity contribution in [3.05, 3.63) is 75.1 Å². The molecule has 0 fully saturated rings. The molecule has 0 aliphatic carbocycles. The van der Waals surface area contributed by atoms with Gasteiger partial charge in [-0.15, -0.1) is 11.3 Å². The van der Waals surface area contributed by atoms with Crippen LogP contribution in [0.4, 0.5) is 0 Å². The van der Waals surface area contributed by atoms with E-state index in [-0.39, 0.29) is 28.7 Å². The fraction of sp³-hybridized carbons (Fsp3) is 0.452. The molecule has 0 saturated heterocycles. The predicted octanol–water partition coefficient (Wildman–Crippen LogP) is 5.37. The average Bonchev–Trinajstić information content (AvgIpc) is 3.65. The number of ether oxygens (including phenoxy) is 3. The lowest BCUT2D eigenvalue weighted by Gasteiger charge is -2.40. The molecule has 2 aromatic heterocycles. The van der Waals surface area contributed by atoms with E-state index in [1.807, 2.05) is 26.8 Å². The molecule has 224 valence electrons. The lowest BCUT2D eigenvalue weighted by Crippen LogP contribution is -2.57. The van der Waals surface area contributed by atoms with Gasteiger partial charge in [-0.25, -0.2) is 14.6 Å². The molecule has 3 heterocycles. The van der Waals surface area contributed by atoms with Crippen LogP contribution in [-0.2, 0) is 30.9 Å². The number of carbonyl (C=O) groups excluding carboxylic acids is 3. The van der Waals surface area contributed by atoms with Crippen molar-refractivity contribution in [1.82, 2.24) is 15.0 Å². The molecule has 1 amide bonds. The summed E-state index contributed by atoms with van der Waals surface area (Å²) in [4.78, 5) is 48.1. The molecule has 0 saturated carbocycles. The maximum absolute atomic E-state index is 14.7. The van der Waals surface area contributed by atoms with Gasteiger partial charge in [-0.2, -0.15) is 0 Å². The monoisotopic (exact) mass is 595 g/mol. The maximum atomic E-state index is 14.7. The van der Waals surface area contributed by atoms with Crippen LogP contribution in [0.2, 0.25) is 0 Å². The third kappa shape index (κ3) is 5.97. The molecule has 1 aliphatic heterocycles. The van der Waals surface area contributed by atoms with Crippen LogP contribution in [0.3, 0.4) is 0 Å². The van der Waals surface area contributed by atoms with Crippen LogP contribution < -0.4 is 4.74 Å². The highest BCUT2D eigenvalue weighted by Gasteiger charge is 2.58. The number of esters is 2. The molecule has 0 radical (unpaired) electrons. The molecule has 10 nitrogen and oxygen atoms in total. The van der Waals surface area contributed by atoms with Crippen LogP contribution in [0.15, 0.2) is 51.3 Å². The van der Waals surface area contributed by atoms with E-state index >= 15 is 0 Å². The van der Waals surface area contributed by atoms with Gasteiger partial charge in [-0.1, -0.05) is 32.0 Å². The number of carbonyl (C=O) groups is 3. The minimum absolute atomic E-state index is 0.0534. The Labute approximate surface area is 249 Å². The lowest BCUT2D eigenvalue weighted by molar-refractivity contribution is -0.165. The molecular weight excluding hydrogens is 558 g/mol. The Kier molecular flexibility index (Phi) is 8.37. The minimum Gasteiger partial charge on any atom is -0.496 e. The van der Waals surface area contributed by atoms with Crippen molar-refractivity contribution in [3.63, 3.8) is 0 Å². The summed E-state index contributed by atoms with van der Waals surface area (Å²) < 4.78 is 22.1. The Bertz CT molecular complexity index is 1510. The van der Waals surface area contributed by atoms with Crippen LogP contribution in [-0.4, -0.2) is 58.2 Å². The molecular formula is C31H37N3O7S. The Balaban J connectivity index is 2.01. The number of aromatic nitrogens is 2. The van der Waals surface area contributed by atoms with Crippen molar-refractivity contribution >= 4 is 29.2 Å². The molecule has 4 rings (SSSR count). The summed E-state index contributed by atoms with van der Waals surface area (Å²) in [6, 6.07) is 5.67. The van der Waals surface area contributed by atoms with Crippen LogP contribution in [0.25, 0.3) is 0 Å². The molecule has 3 aromatic rings. The van der Waals surface area contributed by atoms with E-state index in [4.69, 9.17) is 18.7 Å². The third-order valence-corrected chi connectivity index (χ3v) is 7.52. The second-order valence-electron chi connectivity index (χ2n) is 12.3. The van der Waals surface area contributed by atoms with Crippen molar-refractivity contribution in [2.45, 2.75) is 77.5 Å². The van der Waals surface area contributed by atoms with Crippen LogP contribution in [0.1, 0.15) is 80.7 Å². The Morgan fingerprint density at radius 2 is 1.81 bits per heavy atom. The third-order valence-electron chi connectivity index (χ3n) is 6.89. The second-order valence-corrected chi connectivity index (χ2v) is 13.0. The first kappa shape index (κ1) is 31.0. The van der Waals surface area contributed by atoms with E-state index < -0.39 is 35.0 Å². The fourth-order valence-electron chi connectivity index (χ4n) is 5.08. The van der Waals surface area contributed by atoms with E-state index in [0.29, 0.717) is 17.2 Å². The van der Waals surface area contributed by atoms with Crippen LogP contribution in [0, 0.1) is 6.92 Å². The van der Waals surface area contributed by atoms with Crippen molar-refractivity contribution in [1.29, 1.82) is 0 Å². The first-order valence-corrected chi connectivity index (χ1v) is 14.4. The summed E-state index contributed by atoms with van der Waals surface area (Å²) >= 11 is 1.35. The predicted molar refractivity (Wildman–Crippen MR) is 156 cm³/mol. The lowest BCUT2D eigenvalue weighted by atomic mass is 9.85. The molecule has 0 N–H and O–H groups in total. The number of benzene rings is 1.